The zero-order valence-electron chi connectivity index (χ0n) is 19.2. The van der Waals surface area contributed by atoms with Crippen molar-refractivity contribution < 1.29 is 28.2 Å². The number of halogens is 1. The molecule has 1 N–H and O–H groups in total. The summed E-state index contributed by atoms with van der Waals surface area (Å²) in [5.41, 5.74) is 1.04. The molecule has 0 bridgehead atoms. The molecule has 2 amide bonds. The van der Waals surface area contributed by atoms with Gasteiger partial charge in [-0.2, -0.15) is 0 Å². The number of benzene rings is 2. The molecule has 0 saturated carbocycles. The molecule has 0 spiro atoms. The Morgan fingerprint density at radius 1 is 1.29 bits per heavy atom. The van der Waals surface area contributed by atoms with E-state index in [1.165, 1.54) is 34.4 Å². The zero-order valence-corrected chi connectivity index (χ0v) is 20.1. The van der Waals surface area contributed by atoms with E-state index in [0.29, 0.717) is 27.7 Å². The number of fused-ring (bicyclic) bond motifs is 1. The Hall–Kier alpha value is -3.79. The van der Waals surface area contributed by atoms with Crippen LogP contribution in [-0.2, 0) is 11.3 Å². The van der Waals surface area contributed by atoms with Crippen LogP contribution in [0.2, 0.25) is 0 Å². The van der Waals surface area contributed by atoms with E-state index < -0.39 is 5.82 Å². The smallest absolute Gasteiger partial charge is 0.270 e. The van der Waals surface area contributed by atoms with E-state index in [-0.39, 0.29) is 49.1 Å². The lowest BCUT2D eigenvalue weighted by Gasteiger charge is -2.29. The maximum Gasteiger partial charge on any atom is 0.270 e. The first kappa shape index (κ1) is 24.3. The number of nitrogens with zero attached hydrogens (tertiary/aromatic N) is 2. The van der Waals surface area contributed by atoms with Gasteiger partial charge in [0.15, 0.2) is 19.0 Å². The summed E-state index contributed by atoms with van der Waals surface area (Å²) in [6.45, 7) is 3.59. The number of anilines is 1. The van der Waals surface area contributed by atoms with Crippen LogP contribution in [0.5, 0.6) is 11.5 Å². The third-order valence-corrected chi connectivity index (χ3v) is 6.29. The van der Waals surface area contributed by atoms with Gasteiger partial charge in [-0.25, -0.2) is 9.37 Å². The molecule has 2 heterocycles. The van der Waals surface area contributed by atoms with Gasteiger partial charge in [-0.15, -0.1) is 11.3 Å². The second-order valence-corrected chi connectivity index (χ2v) is 8.97. The Kier molecular flexibility index (Phi) is 7.40. The topological polar surface area (TPSA) is 97.8 Å². The minimum atomic E-state index is -0.460. The fourth-order valence-electron chi connectivity index (χ4n) is 3.36. The Morgan fingerprint density at radius 2 is 2.11 bits per heavy atom. The molecular formula is C25H24FN3O5S. The number of nitrogens with one attached hydrogen (secondary N) is 1. The van der Waals surface area contributed by atoms with Crippen LogP contribution in [0, 0.1) is 5.82 Å². The standard InChI is InChI=1S/C25H24FN3O5S/c1-3-15(2)27-25(32)19-14-35-23(28-19)11-29-20-9-16(7-8-22(20)34-13-24(29)31)21(30)12-33-18-6-4-5-17(26)10-18/h4-10,14-15H,3,11-13H2,1-2H3,(H,27,32)/t15-/m1/s1. The van der Waals surface area contributed by atoms with Gasteiger partial charge in [0.2, 0.25) is 0 Å². The fraction of sp³-hybridized carbons (Fsp3) is 0.280. The van der Waals surface area contributed by atoms with E-state index in [4.69, 9.17) is 9.47 Å². The summed E-state index contributed by atoms with van der Waals surface area (Å²) in [6.07, 6.45) is 0.802. The highest BCUT2D eigenvalue weighted by Crippen LogP contribution is 2.34. The fourth-order valence-corrected chi connectivity index (χ4v) is 4.12. The number of aromatic nitrogens is 1. The first-order valence-electron chi connectivity index (χ1n) is 11.1. The lowest BCUT2D eigenvalue weighted by Crippen LogP contribution is -2.38. The third kappa shape index (κ3) is 5.83. The van der Waals surface area contributed by atoms with E-state index in [1.54, 1.807) is 29.6 Å². The molecule has 35 heavy (non-hydrogen) atoms. The summed E-state index contributed by atoms with van der Waals surface area (Å²) in [7, 11) is 0. The van der Waals surface area contributed by atoms with Crippen LogP contribution in [0.15, 0.2) is 47.8 Å². The van der Waals surface area contributed by atoms with Crippen LogP contribution in [0.25, 0.3) is 0 Å². The van der Waals surface area contributed by atoms with Gasteiger partial charge in [0.05, 0.1) is 12.2 Å². The highest BCUT2D eigenvalue weighted by molar-refractivity contribution is 7.09. The predicted octanol–water partition coefficient (Wildman–Crippen LogP) is 4.00. The van der Waals surface area contributed by atoms with E-state index >= 15 is 0 Å². The van der Waals surface area contributed by atoms with E-state index in [0.717, 1.165) is 6.42 Å². The summed E-state index contributed by atoms with van der Waals surface area (Å²) < 4.78 is 24.3. The molecule has 8 nitrogen and oxygen atoms in total. The third-order valence-electron chi connectivity index (χ3n) is 5.46. The van der Waals surface area contributed by atoms with Crippen molar-refractivity contribution in [2.75, 3.05) is 18.1 Å². The molecule has 1 aliphatic rings. The molecule has 0 aliphatic carbocycles. The molecule has 0 unspecified atom stereocenters. The normalized spacial score (nSPS) is 13.6. The van der Waals surface area contributed by atoms with Crippen LogP contribution in [0.4, 0.5) is 10.1 Å². The lowest BCUT2D eigenvalue weighted by molar-refractivity contribution is -0.121. The molecule has 3 aromatic rings. The maximum atomic E-state index is 13.3. The van der Waals surface area contributed by atoms with Gasteiger partial charge in [0.25, 0.3) is 11.8 Å². The van der Waals surface area contributed by atoms with Crippen LogP contribution in [0.3, 0.4) is 0 Å². The minimum Gasteiger partial charge on any atom is -0.485 e. The SMILES string of the molecule is CC[C@@H](C)NC(=O)c1csc(CN2C(=O)COc3ccc(C(=O)COc4cccc(F)c4)cc32)n1. The molecular weight excluding hydrogens is 473 g/mol. The summed E-state index contributed by atoms with van der Waals surface area (Å²) in [4.78, 5) is 43.6. The first-order chi connectivity index (χ1) is 16.8. The van der Waals surface area contributed by atoms with Crippen molar-refractivity contribution in [3.05, 3.63) is 69.9 Å². The highest BCUT2D eigenvalue weighted by atomic mass is 32.1. The van der Waals surface area contributed by atoms with Crippen LogP contribution < -0.4 is 19.7 Å². The largest absolute Gasteiger partial charge is 0.485 e. The first-order valence-corrected chi connectivity index (χ1v) is 12.0. The lowest BCUT2D eigenvalue weighted by atomic mass is 10.1. The molecule has 2 aromatic carbocycles. The van der Waals surface area contributed by atoms with Gasteiger partial charge < -0.3 is 14.8 Å². The Balaban J connectivity index is 1.49. The highest BCUT2D eigenvalue weighted by Gasteiger charge is 2.28. The van der Waals surface area contributed by atoms with Gasteiger partial charge in [-0.3, -0.25) is 19.3 Å². The van der Waals surface area contributed by atoms with E-state index in [1.807, 2.05) is 13.8 Å². The number of Topliss-reactive ketones (excluding diaryl/α,β-unsaturated/α-hetero) is 1. The van der Waals surface area contributed by atoms with Crippen LogP contribution >= 0.6 is 11.3 Å². The van der Waals surface area contributed by atoms with Crippen molar-refractivity contribution in [2.45, 2.75) is 32.9 Å². The number of ether oxygens (including phenoxy) is 2. The molecule has 1 aliphatic heterocycles. The molecule has 0 saturated heterocycles. The molecule has 1 atom stereocenters. The van der Waals surface area contributed by atoms with Crippen molar-refractivity contribution >= 4 is 34.6 Å². The predicted molar refractivity (Wildman–Crippen MR) is 129 cm³/mol. The molecule has 182 valence electrons. The van der Waals surface area contributed by atoms with Crippen molar-refractivity contribution in [2.24, 2.45) is 0 Å². The van der Waals surface area contributed by atoms with Crippen molar-refractivity contribution in [1.29, 1.82) is 0 Å². The van der Waals surface area contributed by atoms with Crippen molar-refractivity contribution in [1.82, 2.24) is 10.3 Å². The number of rotatable bonds is 9. The minimum absolute atomic E-state index is 0.0289. The monoisotopic (exact) mass is 497 g/mol. The Bertz CT molecular complexity index is 1260. The Morgan fingerprint density at radius 3 is 2.89 bits per heavy atom. The summed E-state index contributed by atoms with van der Waals surface area (Å²) >= 11 is 1.28. The van der Waals surface area contributed by atoms with E-state index in [9.17, 15) is 18.8 Å². The van der Waals surface area contributed by atoms with Crippen molar-refractivity contribution in [3.63, 3.8) is 0 Å². The molecule has 10 heteroatoms. The number of hydrogen-bond acceptors (Lipinski definition) is 7. The maximum absolute atomic E-state index is 13.3. The average molecular weight is 498 g/mol. The zero-order chi connectivity index (χ0) is 24.9. The number of hydrogen-bond donors (Lipinski definition) is 1. The average Bonchev–Trinajstić information content (AvgIpc) is 3.33. The second kappa shape index (κ2) is 10.6. The molecule has 1 aromatic heterocycles. The van der Waals surface area contributed by atoms with Crippen molar-refractivity contribution in [3.8, 4) is 11.5 Å². The number of ketones is 1. The van der Waals surface area contributed by atoms with Gasteiger partial charge in [-0.05, 0) is 43.7 Å². The number of thiazole rings is 1. The summed E-state index contributed by atoms with van der Waals surface area (Å²) in [5, 5.41) is 5.10. The molecule has 0 fully saturated rings. The van der Waals surface area contributed by atoms with Gasteiger partial charge in [0, 0.05) is 23.1 Å². The number of carbonyl (C=O) groups excluding carboxylic acids is 3. The quantitative estimate of drug-likeness (QED) is 0.449. The molecule has 4 rings (SSSR count). The Labute approximate surface area is 205 Å². The van der Waals surface area contributed by atoms with Gasteiger partial charge in [0.1, 0.15) is 28.0 Å². The van der Waals surface area contributed by atoms with Gasteiger partial charge >= 0.3 is 0 Å². The van der Waals surface area contributed by atoms with Crippen LogP contribution in [-0.4, -0.2) is 41.8 Å². The summed E-state index contributed by atoms with van der Waals surface area (Å²) in [6, 6.07) is 10.3. The number of amides is 2. The van der Waals surface area contributed by atoms with E-state index in [2.05, 4.69) is 10.3 Å². The second-order valence-electron chi connectivity index (χ2n) is 8.03. The summed E-state index contributed by atoms with van der Waals surface area (Å²) in [5.74, 6) is -0.654. The number of carbonyl (C=O) groups is 3. The molecule has 0 radical (unpaired) electrons. The van der Waals surface area contributed by atoms with Crippen LogP contribution in [0.1, 0.15) is 46.1 Å². The van der Waals surface area contributed by atoms with Gasteiger partial charge in [-0.1, -0.05) is 13.0 Å².